The lowest BCUT2D eigenvalue weighted by Crippen LogP contribution is -2.31. The summed E-state index contributed by atoms with van der Waals surface area (Å²) in [4.78, 5) is 14.7. The van der Waals surface area contributed by atoms with Gasteiger partial charge in [-0.2, -0.15) is 0 Å². The summed E-state index contributed by atoms with van der Waals surface area (Å²) in [5.41, 5.74) is 0. The fourth-order valence-electron chi connectivity index (χ4n) is 0.952. The van der Waals surface area contributed by atoms with Crippen LogP contribution in [-0.2, 0) is 4.74 Å². The number of aromatic nitrogens is 1. The minimum Gasteiger partial charge on any atom is -0.468 e. The zero-order valence-corrected chi connectivity index (χ0v) is 8.92. The van der Waals surface area contributed by atoms with E-state index >= 15 is 0 Å². The Bertz CT molecular complexity index is 318. The summed E-state index contributed by atoms with van der Waals surface area (Å²) >= 11 is 0. The van der Waals surface area contributed by atoms with Crippen LogP contribution >= 0.6 is 0 Å². The minimum atomic E-state index is -0.618. The van der Waals surface area contributed by atoms with Crippen molar-refractivity contribution in [2.75, 3.05) is 20.3 Å². The van der Waals surface area contributed by atoms with E-state index in [1.165, 1.54) is 7.05 Å². The molecule has 0 saturated heterocycles. The molecule has 1 unspecified atom stereocenters. The highest BCUT2D eigenvalue weighted by molar-refractivity contribution is 5.66. The molecule has 1 atom stereocenters. The van der Waals surface area contributed by atoms with E-state index in [1.54, 1.807) is 24.4 Å². The number of pyridine rings is 1. The van der Waals surface area contributed by atoms with E-state index in [2.05, 4.69) is 10.3 Å². The highest BCUT2D eigenvalue weighted by Gasteiger charge is 2.12. The van der Waals surface area contributed by atoms with Crippen molar-refractivity contribution in [1.82, 2.24) is 10.3 Å². The molecular weight excluding hydrogens is 212 g/mol. The van der Waals surface area contributed by atoms with Gasteiger partial charge >= 0.3 is 6.09 Å². The quantitative estimate of drug-likeness (QED) is 0.748. The summed E-state index contributed by atoms with van der Waals surface area (Å²) in [6, 6.07) is 5.17. The van der Waals surface area contributed by atoms with Gasteiger partial charge in [0.25, 0.3) is 0 Å². The SMILES string of the molecule is CNC(=O)OCC(CO)Oc1ccccn1. The van der Waals surface area contributed by atoms with Gasteiger partial charge in [-0.3, -0.25) is 0 Å². The predicted octanol–water partition coefficient (Wildman–Crippen LogP) is 0.177. The Morgan fingerprint density at radius 3 is 3.00 bits per heavy atom. The molecule has 0 radical (unpaired) electrons. The van der Waals surface area contributed by atoms with Gasteiger partial charge in [0.2, 0.25) is 5.88 Å². The molecule has 1 rings (SSSR count). The Morgan fingerprint density at radius 2 is 2.44 bits per heavy atom. The number of rotatable bonds is 5. The number of ether oxygens (including phenoxy) is 2. The normalized spacial score (nSPS) is 11.6. The molecule has 6 nitrogen and oxygen atoms in total. The number of hydrogen-bond acceptors (Lipinski definition) is 5. The van der Waals surface area contributed by atoms with Crippen LogP contribution in [0.2, 0.25) is 0 Å². The summed E-state index contributed by atoms with van der Waals surface area (Å²) in [6.07, 6.45) is 0.388. The van der Waals surface area contributed by atoms with Gasteiger partial charge in [0, 0.05) is 19.3 Å². The van der Waals surface area contributed by atoms with E-state index < -0.39 is 12.2 Å². The fraction of sp³-hybridized carbons (Fsp3) is 0.400. The lowest BCUT2D eigenvalue weighted by Gasteiger charge is -2.15. The van der Waals surface area contributed by atoms with Crippen molar-refractivity contribution in [2.24, 2.45) is 0 Å². The van der Waals surface area contributed by atoms with E-state index in [9.17, 15) is 4.79 Å². The molecule has 0 aliphatic carbocycles. The van der Waals surface area contributed by atoms with E-state index in [1.807, 2.05) is 0 Å². The summed E-state index contributed by atoms with van der Waals surface area (Å²) in [7, 11) is 1.45. The zero-order valence-electron chi connectivity index (χ0n) is 8.92. The average molecular weight is 226 g/mol. The van der Waals surface area contributed by atoms with Crippen molar-refractivity contribution < 1.29 is 19.4 Å². The number of aliphatic hydroxyl groups is 1. The average Bonchev–Trinajstić information content (AvgIpc) is 2.35. The second-order valence-corrected chi connectivity index (χ2v) is 2.94. The smallest absolute Gasteiger partial charge is 0.407 e. The molecule has 1 heterocycles. The summed E-state index contributed by atoms with van der Waals surface area (Å²) < 4.78 is 10.0. The van der Waals surface area contributed by atoms with Crippen molar-refractivity contribution in [3.63, 3.8) is 0 Å². The van der Waals surface area contributed by atoms with Crippen LogP contribution in [0.4, 0.5) is 4.79 Å². The first kappa shape index (κ1) is 12.3. The molecule has 0 fully saturated rings. The van der Waals surface area contributed by atoms with E-state index in [0.717, 1.165) is 0 Å². The van der Waals surface area contributed by atoms with E-state index in [4.69, 9.17) is 14.6 Å². The zero-order chi connectivity index (χ0) is 11.8. The maximum absolute atomic E-state index is 10.8. The van der Waals surface area contributed by atoms with Crippen LogP contribution in [0.5, 0.6) is 5.88 Å². The fourth-order valence-corrected chi connectivity index (χ4v) is 0.952. The van der Waals surface area contributed by atoms with Crippen LogP contribution in [0, 0.1) is 0 Å². The third-order valence-corrected chi connectivity index (χ3v) is 1.73. The highest BCUT2D eigenvalue weighted by atomic mass is 16.6. The lowest BCUT2D eigenvalue weighted by atomic mass is 10.4. The van der Waals surface area contributed by atoms with Gasteiger partial charge in [-0.25, -0.2) is 9.78 Å². The van der Waals surface area contributed by atoms with Gasteiger partial charge in [0.05, 0.1) is 6.61 Å². The second-order valence-electron chi connectivity index (χ2n) is 2.94. The highest BCUT2D eigenvalue weighted by Crippen LogP contribution is 2.06. The minimum absolute atomic E-state index is 0.0350. The molecule has 0 aromatic carbocycles. The first-order chi connectivity index (χ1) is 7.76. The summed E-state index contributed by atoms with van der Waals surface area (Å²) in [5, 5.41) is 11.3. The van der Waals surface area contributed by atoms with Crippen LogP contribution in [-0.4, -0.2) is 42.5 Å². The maximum Gasteiger partial charge on any atom is 0.407 e. The van der Waals surface area contributed by atoms with Crippen LogP contribution in [0.3, 0.4) is 0 Å². The Hall–Kier alpha value is -1.82. The van der Waals surface area contributed by atoms with Crippen molar-refractivity contribution in [2.45, 2.75) is 6.10 Å². The molecule has 2 N–H and O–H groups in total. The van der Waals surface area contributed by atoms with Crippen LogP contribution in [0.1, 0.15) is 0 Å². The van der Waals surface area contributed by atoms with Crippen LogP contribution in [0.25, 0.3) is 0 Å². The molecule has 16 heavy (non-hydrogen) atoms. The van der Waals surface area contributed by atoms with Crippen molar-refractivity contribution in [3.05, 3.63) is 24.4 Å². The topological polar surface area (TPSA) is 80.7 Å². The van der Waals surface area contributed by atoms with Gasteiger partial charge in [-0.1, -0.05) is 6.07 Å². The molecule has 6 heteroatoms. The number of nitrogens with one attached hydrogen (secondary N) is 1. The maximum atomic E-state index is 10.8. The predicted molar refractivity (Wildman–Crippen MR) is 56.1 cm³/mol. The number of carbonyl (C=O) groups excluding carboxylic acids is 1. The molecule has 0 spiro atoms. The third-order valence-electron chi connectivity index (χ3n) is 1.73. The number of alkyl carbamates (subject to hydrolysis) is 1. The molecule has 1 aromatic rings. The molecule has 0 aliphatic rings. The third kappa shape index (κ3) is 4.14. The first-order valence-corrected chi connectivity index (χ1v) is 4.79. The van der Waals surface area contributed by atoms with Crippen LogP contribution in [0.15, 0.2) is 24.4 Å². The molecule has 1 aromatic heterocycles. The van der Waals surface area contributed by atoms with E-state index in [-0.39, 0.29) is 13.2 Å². The van der Waals surface area contributed by atoms with Crippen molar-refractivity contribution in [3.8, 4) is 5.88 Å². The Kier molecular flexibility index (Phi) is 5.07. The summed E-state index contributed by atoms with van der Waals surface area (Å²) in [6.45, 7) is -0.291. The standard InChI is InChI=1S/C10H14N2O4/c1-11-10(14)15-7-8(6-13)16-9-4-2-3-5-12-9/h2-5,8,13H,6-7H2,1H3,(H,11,14). The molecule has 0 aliphatic heterocycles. The Labute approximate surface area is 93.2 Å². The van der Waals surface area contributed by atoms with Gasteiger partial charge < -0.3 is 19.9 Å². The van der Waals surface area contributed by atoms with Gasteiger partial charge in [-0.15, -0.1) is 0 Å². The second kappa shape index (κ2) is 6.62. The largest absolute Gasteiger partial charge is 0.468 e. The first-order valence-electron chi connectivity index (χ1n) is 4.79. The van der Waals surface area contributed by atoms with E-state index in [0.29, 0.717) is 5.88 Å². The Balaban J connectivity index is 2.40. The molecule has 0 bridgehead atoms. The summed E-state index contributed by atoms with van der Waals surface area (Å²) in [5.74, 6) is 0.377. The molecule has 0 saturated carbocycles. The molecule has 88 valence electrons. The van der Waals surface area contributed by atoms with Crippen molar-refractivity contribution in [1.29, 1.82) is 0 Å². The number of amides is 1. The van der Waals surface area contributed by atoms with Gasteiger partial charge in [0.15, 0.2) is 6.10 Å². The molecule has 1 amide bonds. The van der Waals surface area contributed by atoms with Gasteiger partial charge in [-0.05, 0) is 6.07 Å². The molecular formula is C10H14N2O4. The Morgan fingerprint density at radius 1 is 1.62 bits per heavy atom. The lowest BCUT2D eigenvalue weighted by molar-refractivity contribution is 0.0452. The monoisotopic (exact) mass is 226 g/mol. The number of aliphatic hydroxyl groups excluding tert-OH is 1. The van der Waals surface area contributed by atoms with Crippen LogP contribution < -0.4 is 10.1 Å². The van der Waals surface area contributed by atoms with Crippen molar-refractivity contribution >= 4 is 6.09 Å². The van der Waals surface area contributed by atoms with Gasteiger partial charge in [0.1, 0.15) is 6.61 Å². The number of hydrogen-bond donors (Lipinski definition) is 2. The number of nitrogens with zero attached hydrogens (tertiary/aromatic N) is 1. The number of carbonyl (C=O) groups is 1.